The lowest BCUT2D eigenvalue weighted by Crippen LogP contribution is -2.30. The van der Waals surface area contributed by atoms with Crippen LogP contribution in [0.2, 0.25) is 0 Å². The van der Waals surface area contributed by atoms with Crippen LogP contribution >= 0.6 is 11.3 Å². The fourth-order valence-electron chi connectivity index (χ4n) is 3.92. The monoisotopic (exact) mass is 434 g/mol. The highest BCUT2D eigenvalue weighted by Crippen LogP contribution is 2.34. The average molecular weight is 434 g/mol. The van der Waals surface area contributed by atoms with Crippen LogP contribution in [-0.2, 0) is 12.7 Å². The normalized spacial score (nSPS) is 15.5. The van der Waals surface area contributed by atoms with Crippen molar-refractivity contribution in [3.63, 3.8) is 0 Å². The molecule has 0 bridgehead atoms. The third kappa shape index (κ3) is 4.30. The van der Waals surface area contributed by atoms with E-state index < -0.39 is 11.7 Å². The molecule has 3 aromatic rings. The topological polar surface area (TPSA) is 60.7 Å². The van der Waals surface area contributed by atoms with E-state index in [0.29, 0.717) is 16.3 Å². The second kappa shape index (κ2) is 8.29. The van der Waals surface area contributed by atoms with Gasteiger partial charge in [-0.3, -0.25) is 9.78 Å². The molecule has 3 heterocycles. The van der Waals surface area contributed by atoms with Crippen molar-refractivity contribution in [2.75, 3.05) is 0 Å². The Morgan fingerprint density at radius 2 is 1.97 bits per heavy atom. The number of nitrogens with zero attached hydrogens (tertiary/aromatic N) is 4. The molecule has 0 atom stereocenters. The van der Waals surface area contributed by atoms with Crippen molar-refractivity contribution >= 4 is 11.3 Å². The van der Waals surface area contributed by atoms with Crippen molar-refractivity contribution < 1.29 is 13.2 Å². The molecule has 0 saturated heterocycles. The van der Waals surface area contributed by atoms with Gasteiger partial charge in [-0.2, -0.15) is 18.3 Å². The molecule has 0 radical (unpaired) electrons. The van der Waals surface area contributed by atoms with Gasteiger partial charge in [0.1, 0.15) is 10.7 Å². The summed E-state index contributed by atoms with van der Waals surface area (Å²) in [6, 6.07) is 3.99. The molecule has 4 rings (SSSR count). The van der Waals surface area contributed by atoms with E-state index in [-0.39, 0.29) is 23.7 Å². The summed E-state index contributed by atoms with van der Waals surface area (Å²) in [6.45, 7) is 1.58. The summed E-state index contributed by atoms with van der Waals surface area (Å²) in [5.74, 6) is 0.0890. The summed E-state index contributed by atoms with van der Waals surface area (Å²) in [5, 5.41) is 5.02. The molecule has 0 spiro atoms. The van der Waals surface area contributed by atoms with Gasteiger partial charge in [-0.05, 0) is 43.9 Å². The summed E-state index contributed by atoms with van der Waals surface area (Å²) in [5.41, 5.74) is -0.303. The molecule has 0 unspecified atom stereocenters. The number of rotatable bonds is 4. The highest BCUT2D eigenvalue weighted by molar-refractivity contribution is 7.14. The lowest BCUT2D eigenvalue weighted by molar-refractivity contribution is -0.138. The fraction of sp³-hybridized carbons (Fsp3) is 0.429. The summed E-state index contributed by atoms with van der Waals surface area (Å²) >= 11 is 1.44. The van der Waals surface area contributed by atoms with E-state index in [1.165, 1.54) is 23.6 Å². The number of thiazole rings is 1. The molecule has 0 N–H and O–H groups in total. The van der Waals surface area contributed by atoms with Crippen LogP contribution in [0.1, 0.15) is 59.7 Å². The number of alkyl halides is 3. The van der Waals surface area contributed by atoms with Crippen LogP contribution in [0.4, 0.5) is 13.2 Å². The van der Waals surface area contributed by atoms with Crippen LogP contribution in [-0.4, -0.2) is 19.7 Å². The van der Waals surface area contributed by atoms with E-state index in [4.69, 9.17) is 0 Å². The predicted molar refractivity (Wildman–Crippen MR) is 109 cm³/mol. The minimum atomic E-state index is -4.55. The van der Waals surface area contributed by atoms with Gasteiger partial charge in [-0.1, -0.05) is 19.3 Å². The van der Waals surface area contributed by atoms with Gasteiger partial charge >= 0.3 is 6.18 Å². The SMILES string of the molecule is Cc1cnc(-c2cc(C3CCCCC3)c(=O)n(Cc3ncccc3C(F)(F)F)n2)s1. The Hall–Kier alpha value is -2.55. The molecule has 0 aromatic carbocycles. The highest BCUT2D eigenvalue weighted by atomic mass is 32.1. The lowest BCUT2D eigenvalue weighted by Gasteiger charge is -2.22. The van der Waals surface area contributed by atoms with Crippen LogP contribution in [0.5, 0.6) is 0 Å². The van der Waals surface area contributed by atoms with Gasteiger partial charge < -0.3 is 0 Å². The highest BCUT2D eigenvalue weighted by Gasteiger charge is 2.34. The van der Waals surface area contributed by atoms with Crippen LogP contribution in [0.3, 0.4) is 0 Å². The first kappa shape index (κ1) is 20.7. The summed E-state index contributed by atoms with van der Waals surface area (Å²) in [6.07, 6.45) is 3.47. The number of aryl methyl sites for hydroxylation is 1. The first-order valence-corrected chi connectivity index (χ1v) is 10.7. The fourth-order valence-corrected chi connectivity index (χ4v) is 4.64. The number of pyridine rings is 1. The standard InChI is InChI=1S/C21H21F3N4OS/c1-13-11-26-19(30-13)17-10-15(14-6-3-2-4-7-14)20(29)28(27-17)12-18-16(21(22,23)24)8-5-9-25-18/h5,8-11,14H,2-4,6-7,12H2,1H3. The molecule has 30 heavy (non-hydrogen) atoms. The quantitative estimate of drug-likeness (QED) is 0.567. The van der Waals surface area contributed by atoms with E-state index in [1.54, 1.807) is 12.3 Å². The Bertz CT molecular complexity index is 1100. The minimum Gasteiger partial charge on any atom is -0.267 e. The number of hydrogen-bond donors (Lipinski definition) is 0. The second-order valence-corrected chi connectivity index (χ2v) is 8.79. The zero-order valence-electron chi connectivity index (χ0n) is 16.4. The molecule has 1 aliphatic rings. The van der Waals surface area contributed by atoms with Gasteiger partial charge in [0.25, 0.3) is 5.56 Å². The van der Waals surface area contributed by atoms with Gasteiger partial charge in [-0.25, -0.2) is 9.67 Å². The molecule has 9 heteroatoms. The van der Waals surface area contributed by atoms with Gasteiger partial charge in [0.15, 0.2) is 0 Å². The largest absolute Gasteiger partial charge is 0.418 e. The number of aromatic nitrogens is 4. The van der Waals surface area contributed by atoms with Crippen molar-refractivity contribution in [3.8, 4) is 10.7 Å². The van der Waals surface area contributed by atoms with Gasteiger partial charge in [0.2, 0.25) is 0 Å². The molecule has 1 saturated carbocycles. The Kier molecular flexibility index (Phi) is 5.73. The van der Waals surface area contributed by atoms with Crippen molar-refractivity contribution in [1.82, 2.24) is 19.7 Å². The van der Waals surface area contributed by atoms with E-state index >= 15 is 0 Å². The lowest BCUT2D eigenvalue weighted by atomic mass is 9.84. The van der Waals surface area contributed by atoms with Gasteiger partial charge in [0, 0.05) is 22.8 Å². The molecule has 1 fully saturated rings. The molecule has 1 aliphatic carbocycles. The van der Waals surface area contributed by atoms with Crippen molar-refractivity contribution in [1.29, 1.82) is 0 Å². The molecule has 3 aromatic heterocycles. The third-order valence-corrected chi connectivity index (χ3v) is 6.32. The minimum absolute atomic E-state index is 0.0890. The van der Waals surface area contributed by atoms with E-state index in [0.717, 1.165) is 47.7 Å². The maximum Gasteiger partial charge on any atom is 0.418 e. The van der Waals surface area contributed by atoms with E-state index in [2.05, 4.69) is 15.1 Å². The maximum absolute atomic E-state index is 13.4. The molecular weight excluding hydrogens is 413 g/mol. The Labute approximate surface area is 175 Å². The zero-order valence-corrected chi connectivity index (χ0v) is 17.3. The second-order valence-electron chi connectivity index (χ2n) is 7.55. The Morgan fingerprint density at radius 3 is 2.63 bits per heavy atom. The number of hydrogen-bond acceptors (Lipinski definition) is 5. The Balaban J connectivity index is 1.82. The van der Waals surface area contributed by atoms with Crippen LogP contribution in [0.15, 0.2) is 35.4 Å². The number of halogens is 3. The molecule has 158 valence electrons. The maximum atomic E-state index is 13.4. The summed E-state index contributed by atoms with van der Waals surface area (Å²) in [4.78, 5) is 22.4. The van der Waals surface area contributed by atoms with E-state index in [1.807, 2.05) is 6.92 Å². The van der Waals surface area contributed by atoms with Crippen LogP contribution < -0.4 is 5.56 Å². The first-order chi connectivity index (χ1) is 14.3. The molecular formula is C21H21F3N4OS. The predicted octanol–water partition coefficient (Wildman–Crippen LogP) is 5.19. The van der Waals surface area contributed by atoms with Crippen LogP contribution in [0.25, 0.3) is 10.7 Å². The van der Waals surface area contributed by atoms with Gasteiger partial charge in [0.05, 0.1) is 17.8 Å². The van der Waals surface area contributed by atoms with Crippen molar-refractivity contribution in [2.24, 2.45) is 0 Å². The Morgan fingerprint density at radius 1 is 1.20 bits per heavy atom. The van der Waals surface area contributed by atoms with Crippen molar-refractivity contribution in [2.45, 2.75) is 57.7 Å². The van der Waals surface area contributed by atoms with Gasteiger partial charge in [-0.15, -0.1) is 11.3 Å². The smallest absolute Gasteiger partial charge is 0.267 e. The molecule has 0 amide bonds. The van der Waals surface area contributed by atoms with Crippen LogP contribution in [0, 0.1) is 6.92 Å². The average Bonchev–Trinajstić information content (AvgIpc) is 3.16. The molecule has 5 nitrogen and oxygen atoms in total. The molecule has 0 aliphatic heterocycles. The summed E-state index contributed by atoms with van der Waals surface area (Å²) in [7, 11) is 0. The van der Waals surface area contributed by atoms with E-state index in [9.17, 15) is 18.0 Å². The zero-order chi connectivity index (χ0) is 21.3. The van der Waals surface area contributed by atoms with Crippen molar-refractivity contribution in [3.05, 3.63) is 62.6 Å². The first-order valence-electron chi connectivity index (χ1n) is 9.89. The summed E-state index contributed by atoms with van der Waals surface area (Å²) < 4.78 is 41.4. The third-order valence-electron chi connectivity index (χ3n) is 5.38.